The summed E-state index contributed by atoms with van der Waals surface area (Å²) in [5.74, 6) is 0.640. The molecule has 2 heterocycles. The van der Waals surface area contributed by atoms with Crippen LogP contribution < -0.4 is 0 Å². The van der Waals surface area contributed by atoms with Crippen molar-refractivity contribution in [3.63, 3.8) is 0 Å². The summed E-state index contributed by atoms with van der Waals surface area (Å²) in [7, 11) is 0. The van der Waals surface area contributed by atoms with Gasteiger partial charge in [-0.25, -0.2) is 4.98 Å². The molecule has 17 heavy (non-hydrogen) atoms. The number of imidazole rings is 1. The predicted octanol–water partition coefficient (Wildman–Crippen LogP) is 3.21. The summed E-state index contributed by atoms with van der Waals surface area (Å²) < 4.78 is 2.15. The Morgan fingerprint density at radius 1 is 1.18 bits per heavy atom. The van der Waals surface area contributed by atoms with Gasteiger partial charge in [0, 0.05) is 23.7 Å². The highest BCUT2D eigenvalue weighted by Crippen LogP contribution is 2.41. The zero-order valence-electron chi connectivity index (χ0n) is 11.0. The van der Waals surface area contributed by atoms with E-state index in [2.05, 4.69) is 42.5 Å². The van der Waals surface area contributed by atoms with Gasteiger partial charge in [-0.05, 0) is 19.8 Å². The lowest BCUT2D eigenvalue weighted by Crippen LogP contribution is -2.16. The molecular formula is C14H19N3. The van der Waals surface area contributed by atoms with Crippen molar-refractivity contribution in [1.82, 2.24) is 14.4 Å². The van der Waals surface area contributed by atoms with E-state index < -0.39 is 0 Å². The molecule has 2 aromatic rings. The summed E-state index contributed by atoms with van der Waals surface area (Å²) >= 11 is 0. The molecule has 0 aromatic carbocycles. The summed E-state index contributed by atoms with van der Waals surface area (Å²) in [6.45, 7) is 8.67. The Bertz CT molecular complexity index is 571. The van der Waals surface area contributed by atoms with Gasteiger partial charge in [-0.1, -0.05) is 20.8 Å². The van der Waals surface area contributed by atoms with Crippen LogP contribution in [0.4, 0.5) is 0 Å². The molecule has 0 N–H and O–H groups in total. The number of aryl methyl sites for hydroxylation is 1. The van der Waals surface area contributed by atoms with E-state index in [0.717, 1.165) is 17.0 Å². The first-order chi connectivity index (χ1) is 7.95. The van der Waals surface area contributed by atoms with E-state index in [9.17, 15) is 0 Å². The first-order valence-electron chi connectivity index (χ1n) is 6.32. The Labute approximate surface area is 102 Å². The molecule has 1 aliphatic rings. The van der Waals surface area contributed by atoms with Crippen molar-refractivity contribution >= 4 is 5.65 Å². The molecule has 3 heteroatoms. The Balaban J connectivity index is 2.26. The summed E-state index contributed by atoms with van der Waals surface area (Å²) in [4.78, 5) is 9.46. The molecule has 0 spiro atoms. The second-order valence-corrected chi connectivity index (χ2v) is 6.15. The van der Waals surface area contributed by atoms with Gasteiger partial charge in [0.2, 0.25) is 0 Å². The van der Waals surface area contributed by atoms with E-state index in [-0.39, 0.29) is 5.41 Å². The fourth-order valence-electron chi connectivity index (χ4n) is 2.14. The second-order valence-electron chi connectivity index (χ2n) is 6.15. The standard InChI is InChI=1S/C14H19N3/c1-9-7-17-8-11(14(2,3)4)16-12(10-5-6-10)13(17)15-9/h7-8,10H,5-6H2,1-4H3. The van der Waals surface area contributed by atoms with Crippen molar-refractivity contribution in [3.8, 4) is 0 Å². The van der Waals surface area contributed by atoms with Crippen molar-refractivity contribution in [2.75, 3.05) is 0 Å². The topological polar surface area (TPSA) is 30.2 Å². The molecule has 2 aromatic heterocycles. The Kier molecular flexibility index (Phi) is 2.09. The van der Waals surface area contributed by atoms with Gasteiger partial charge in [0.1, 0.15) is 0 Å². The van der Waals surface area contributed by atoms with Gasteiger partial charge in [0.05, 0.1) is 17.1 Å². The number of hydrogen-bond acceptors (Lipinski definition) is 2. The van der Waals surface area contributed by atoms with Crippen molar-refractivity contribution in [2.45, 2.75) is 51.9 Å². The van der Waals surface area contributed by atoms with Gasteiger partial charge in [-0.3, -0.25) is 4.98 Å². The van der Waals surface area contributed by atoms with Crippen LogP contribution in [0.2, 0.25) is 0 Å². The molecule has 1 saturated carbocycles. The average Bonchev–Trinajstić information content (AvgIpc) is 2.97. The lowest BCUT2D eigenvalue weighted by molar-refractivity contribution is 0.561. The van der Waals surface area contributed by atoms with Gasteiger partial charge in [0.25, 0.3) is 0 Å². The first kappa shape index (κ1) is 10.8. The maximum Gasteiger partial charge on any atom is 0.159 e. The van der Waals surface area contributed by atoms with Crippen molar-refractivity contribution in [3.05, 3.63) is 29.5 Å². The molecule has 0 radical (unpaired) electrons. The molecule has 0 amide bonds. The fourth-order valence-corrected chi connectivity index (χ4v) is 2.14. The van der Waals surface area contributed by atoms with Crippen LogP contribution in [0.15, 0.2) is 12.4 Å². The Hall–Kier alpha value is -1.38. The van der Waals surface area contributed by atoms with Crippen LogP contribution in [-0.4, -0.2) is 14.4 Å². The van der Waals surface area contributed by atoms with Gasteiger partial charge in [0.15, 0.2) is 5.65 Å². The van der Waals surface area contributed by atoms with Crippen molar-refractivity contribution < 1.29 is 0 Å². The van der Waals surface area contributed by atoms with Crippen LogP contribution in [0.25, 0.3) is 5.65 Å². The largest absolute Gasteiger partial charge is 0.303 e. The van der Waals surface area contributed by atoms with E-state index >= 15 is 0 Å². The number of hydrogen-bond donors (Lipinski definition) is 0. The highest BCUT2D eigenvalue weighted by Gasteiger charge is 2.30. The quantitative estimate of drug-likeness (QED) is 0.751. The minimum atomic E-state index is 0.0933. The fraction of sp³-hybridized carbons (Fsp3) is 0.571. The second kappa shape index (κ2) is 3.31. The minimum Gasteiger partial charge on any atom is -0.303 e. The van der Waals surface area contributed by atoms with Crippen LogP contribution >= 0.6 is 0 Å². The molecule has 0 aliphatic heterocycles. The molecule has 1 aliphatic carbocycles. The zero-order valence-corrected chi connectivity index (χ0v) is 11.0. The number of aromatic nitrogens is 3. The van der Waals surface area contributed by atoms with E-state index in [1.807, 2.05) is 6.92 Å². The number of rotatable bonds is 1. The third-order valence-corrected chi connectivity index (χ3v) is 3.32. The van der Waals surface area contributed by atoms with E-state index in [0.29, 0.717) is 5.92 Å². The SMILES string of the molecule is Cc1cn2cc(C(C)(C)C)nc(C3CC3)c2n1. The predicted molar refractivity (Wildman–Crippen MR) is 68.4 cm³/mol. The zero-order chi connectivity index (χ0) is 12.2. The molecule has 3 nitrogen and oxygen atoms in total. The minimum absolute atomic E-state index is 0.0933. The molecule has 0 atom stereocenters. The maximum absolute atomic E-state index is 4.86. The first-order valence-corrected chi connectivity index (χ1v) is 6.32. The summed E-state index contributed by atoms with van der Waals surface area (Å²) in [6, 6.07) is 0. The third kappa shape index (κ3) is 1.84. The van der Waals surface area contributed by atoms with Gasteiger partial charge < -0.3 is 4.40 Å². The van der Waals surface area contributed by atoms with Crippen molar-refractivity contribution in [2.24, 2.45) is 0 Å². The number of nitrogens with zero attached hydrogens (tertiary/aromatic N) is 3. The van der Waals surface area contributed by atoms with Crippen LogP contribution in [0.1, 0.15) is 56.6 Å². The lowest BCUT2D eigenvalue weighted by atomic mass is 9.92. The highest BCUT2D eigenvalue weighted by molar-refractivity contribution is 5.49. The molecule has 1 fully saturated rings. The monoisotopic (exact) mass is 229 g/mol. The molecule has 0 unspecified atom stereocenters. The smallest absolute Gasteiger partial charge is 0.159 e. The van der Waals surface area contributed by atoms with Crippen LogP contribution in [0.3, 0.4) is 0 Å². The van der Waals surface area contributed by atoms with Crippen molar-refractivity contribution in [1.29, 1.82) is 0 Å². The molecule has 3 rings (SSSR count). The summed E-state index contributed by atoms with van der Waals surface area (Å²) in [5.41, 5.74) is 4.57. The molecule has 90 valence electrons. The van der Waals surface area contributed by atoms with Gasteiger partial charge >= 0.3 is 0 Å². The number of fused-ring (bicyclic) bond motifs is 1. The van der Waals surface area contributed by atoms with Crippen LogP contribution in [-0.2, 0) is 5.41 Å². The maximum atomic E-state index is 4.86. The van der Waals surface area contributed by atoms with E-state index in [4.69, 9.17) is 4.98 Å². The normalized spacial score (nSPS) is 16.7. The average molecular weight is 229 g/mol. The van der Waals surface area contributed by atoms with E-state index in [1.54, 1.807) is 0 Å². The third-order valence-electron chi connectivity index (χ3n) is 3.32. The van der Waals surface area contributed by atoms with Crippen LogP contribution in [0.5, 0.6) is 0 Å². The molecular weight excluding hydrogens is 210 g/mol. The molecule has 0 bridgehead atoms. The van der Waals surface area contributed by atoms with Crippen LogP contribution in [0, 0.1) is 6.92 Å². The van der Waals surface area contributed by atoms with Gasteiger partial charge in [-0.2, -0.15) is 0 Å². The van der Waals surface area contributed by atoms with E-state index in [1.165, 1.54) is 18.5 Å². The van der Waals surface area contributed by atoms with Gasteiger partial charge in [-0.15, -0.1) is 0 Å². The Morgan fingerprint density at radius 3 is 2.47 bits per heavy atom. The molecule has 0 saturated heterocycles. The highest BCUT2D eigenvalue weighted by atomic mass is 15.0. The lowest BCUT2D eigenvalue weighted by Gasteiger charge is -2.19. The summed E-state index contributed by atoms with van der Waals surface area (Å²) in [5, 5.41) is 0. The Morgan fingerprint density at radius 2 is 1.88 bits per heavy atom. The summed E-state index contributed by atoms with van der Waals surface area (Å²) in [6.07, 6.45) is 6.75.